The first kappa shape index (κ1) is 19.1. The van der Waals surface area contributed by atoms with Gasteiger partial charge in [-0.1, -0.05) is 25.0 Å². The molecule has 0 spiro atoms. The number of fused-ring (bicyclic) bond motifs is 1. The Balaban J connectivity index is 1.24. The van der Waals surface area contributed by atoms with Crippen molar-refractivity contribution in [1.29, 1.82) is 0 Å². The molecule has 148 valence electrons. The highest BCUT2D eigenvalue weighted by molar-refractivity contribution is 5.91. The molecule has 4 rings (SSSR count). The van der Waals surface area contributed by atoms with Crippen LogP contribution in [0.3, 0.4) is 0 Å². The highest BCUT2D eigenvalue weighted by atomic mass is 16.3. The van der Waals surface area contributed by atoms with Crippen LogP contribution in [0.25, 0.3) is 22.2 Å². The van der Waals surface area contributed by atoms with Crippen LogP contribution < -0.4 is 0 Å². The van der Waals surface area contributed by atoms with Gasteiger partial charge in [0.25, 0.3) is 5.89 Å². The van der Waals surface area contributed by atoms with Gasteiger partial charge < -0.3 is 9.40 Å². The van der Waals surface area contributed by atoms with Gasteiger partial charge in [-0.05, 0) is 38.0 Å². The number of ketones is 1. The smallest absolute Gasteiger partial charge is 0.263 e. The summed E-state index contributed by atoms with van der Waals surface area (Å²) in [5, 5.41) is 1.13. The summed E-state index contributed by atoms with van der Waals surface area (Å²) < 4.78 is 5.02. The van der Waals surface area contributed by atoms with Crippen LogP contribution in [0.5, 0.6) is 0 Å². The number of imidazole rings is 1. The van der Waals surface area contributed by atoms with Crippen molar-refractivity contribution >= 4 is 16.7 Å². The molecule has 4 aromatic rings. The number of carbonyl (C=O) groups is 1. The topological polar surface area (TPSA) is 84.7 Å². The van der Waals surface area contributed by atoms with Crippen LogP contribution in [0.1, 0.15) is 54.3 Å². The van der Waals surface area contributed by atoms with E-state index in [0.29, 0.717) is 6.42 Å². The van der Waals surface area contributed by atoms with Crippen LogP contribution in [0.15, 0.2) is 53.4 Å². The quantitative estimate of drug-likeness (QED) is 0.311. The second-order valence-electron chi connectivity index (χ2n) is 7.28. The molecule has 0 aliphatic heterocycles. The fourth-order valence-electron chi connectivity index (χ4n) is 3.43. The summed E-state index contributed by atoms with van der Waals surface area (Å²) in [7, 11) is 0. The Morgan fingerprint density at radius 3 is 2.83 bits per heavy atom. The van der Waals surface area contributed by atoms with Crippen LogP contribution in [-0.2, 0) is 6.42 Å². The number of oxazole rings is 1. The molecule has 1 aromatic carbocycles. The van der Waals surface area contributed by atoms with Crippen molar-refractivity contribution in [2.24, 2.45) is 0 Å². The Morgan fingerprint density at radius 1 is 1.07 bits per heavy atom. The SMILES string of the molecule is Cc1ccc2cc(-c3cnc(CCCCCCC(=O)c4ncco4)[nH]3)ccc2n1. The molecular formula is C23H24N4O2. The number of unbranched alkanes of at least 4 members (excludes halogenated alkanes) is 3. The van der Waals surface area contributed by atoms with E-state index in [0.717, 1.165) is 65.8 Å². The van der Waals surface area contributed by atoms with E-state index in [2.05, 4.69) is 44.2 Å². The number of Topliss-reactive ketones (excluding diaryl/α,β-unsaturated/α-hetero) is 1. The molecule has 0 unspecified atom stereocenters. The number of pyridine rings is 1. The van der Waals surface area contributed by atoms with Crippen LogP contribution in [-0.4, -0.2) is 25.7 Å². The second kappa shape index (κ2) is 8.82. The summed E-state index contributed by atoms with van der Waals surface area (Å²) in [5.41, 5.74) is 4.18. The van der Waals surface area contributed by atoms with E-state index < -0.39 is 0 Å². The molecule has 6 nitrogen and oxygen atoms in total. The number of H-pyrrole nitrogens is 1. The van der Waals surface area contributed by atoms with E-state index in [1.165, 1.54) is 12.5 Å². The number of rotatable bonds is 9. The molecule has 0 bridgehead atoms. The fraction of sp³-hybridized carbons (Fsp3) is 0.304. The summed E-state index contributed by atoms with van der Waals surface area (Å²) in [6.07, 6.45) is 10.2. The molecule has 0 saturated heterocycles. The standard InChI is InChI=1S/C23H24N4O2/c1-16-8-9-17-14-18(10-11-19(17)26-16)20-15-25-22(27-20)7-5-3-2-4-6-21(28)23-24-12-13-29-23/h8-15H,2-7H2,1H3,(H,25,27). The van der Waals surface area contributed by atoms with Gasteiger partial charge in [0.15, 0.2) is 0 Å². The third kappa shape index (κ3) is 4.77. The minimum atomic E-state index is -0.0218. The number of aromatic amines is 1. The minimum absolute atomic E-state index is 0.0218. The third-order valence-corrected chi connectivity index (χ3v) is 5.01. The number of aromatic nitrogens is 4. The van der Waals surface area contributed by atoms with Gasteiger partial charge in [0.05, 0.1) is 23.6 Å². The number of aryl methyl sites for hydroxylation is 2. The summed E-state index contributed by atoms with van der Waals surface area (Å²) in [5.74, 6) is 1.19. The molecule has 29 heavy (non-hydrogen) atoms. The summed E-state index contributed by atoms with van der Waals surface area (Å²) in [6.45, 7) is 2.00. The van der Waals surface area contributed by atoms with Crippen LogP contribution in [0.4, 0.5) is 0 Å². The number of nitrogens with one attached hydrogen (secondary N) is 1. The summed E-state index contributed by atoms with van der Waals surface area (Å²) in [4.78, 5) is 28.2. The normalized spacial score (nSPS) is 11.2. The lowest BCUT2D eigenvalue weighted by molar-refractivity contribution is 0.0945. The van der Waals surface area contributed by atoms with E-state index in [4.69, 9.17) is 4.42 Å². The fourth-order valence-corrected chi connectivity index (χ4v) is 3.43. The second-order valence-corrected chi connectivity index (χ2v) is 7.28. The van der Waals surface area contributed by atoms with E-state index in [1.807, 2.05) is 19.2 Å². The van der Waals surface area contributed by atoms with Gasteiger partial charge in [-0.3, -0.25) is 9.78 Å². The van der Waals surface area contributed by atoms with Gasteiger partial charge in [0.2, 0.25) is 5.78 Å². The highest BCUT2D eigenvalue weighted by Gasteiger charge is 2.10. The van der Waals surface area contributed by atoms with Gasteiger partial charge in [0.1, 0.15) is 12.1 Å². The third-order valence-electron chi connectivity index (χ3n) is 5.01. The molecule has 0 aliphatic carbocycles. The van der Waals surface area contributed by atoms with Crippen LogP contribution >= 0.6 is 0 Å². The Morgan fingerprint density at radius 2 is 1.97 bits per heavy atom. The zero-order chi connectivity index (χ0) is 20.1. The number of carbonyl (C=O) groups excluding carboxylic acids is 1. The summed E-state index contributed by atoms with van der Waals surface area (Å²) >= 11 is 0. The Hall–Kier alpha value is -3.28. The molecule has 0 amide bonds. The van der Waals surface area contributed by atoms with Gasteiger partial charge in [-0.25, -0.2) is 9.97 Å². The van der Waals surface area contributed by atoms with Crippen molar-refractivity contribution in [3.05, 3.63) is 66.4 Å². The van der Waals surface area contributed by atoms with Crippen molar-refractivity contribution < 1.29 is 9.21 Å². The zero-order valence-corrected chi connectivity index (χ0v) is 16.5. The Kier molecular flexibility index (Phi) is 5.79. The average Bonchev–Trinajstić information content (AvgIpc) is 3.42. The maximum Gasteiger partial charge on any atom is 0.263 e. The number of benzene rings is 1. The van der Waals surface area contributed by atoms with Crippen molar-refractivity contribution in [3.63, 3.8) is 0 Å². The molecule has 0 fully saturated rings. The largest absolute Gasteiger partial charge is 0.442 e. The lowest BCUT2D eigenvalue weighted by atomic mass is 10.1. The number of hydrogen-bond acceptors (Lipinski definition) is 5. The van der Waals surface area contributed by atoms with E-state index in [1.54, 1.807) is 0 Å². The molecule has 3 aromatic heterocycles. The maximum atomic E-state index is 11.8. The first-order valence-corrected chi connectivity index (χ1v) is 10.0. The molecule has 0 atom stereocenters. The van der Waals surface area contributed by atoms with Gasteiger partial charge >= 0.3 is 0 Å². The van der Waals surface area contributed by atoms with Crippen LogP contribution in [0.2, 0.25) is 0 Å². The minimum Gasteiger partial charge on any atom is -0.442 e. The first-order valence-electron chi connectivity index (χ1n) is 10.0. The van der Waals surface area contributed by atoms with Crippen LogP contribution in [0, 0.1) is 6.92 Å². The predicted octanol–water partition coefficient (Wildman–Crippen LogP) is 5.30. The van der Waals surface area contributed by atoms with Crippen molar-refractivity contribution in [2.45, 2.75) is 45.4 Å². The maximum absolute atomic E-state index is 11.8. The monoisotopic (exact) mass is 388 g/mol. The van der Waals surface area contributed by atoms with E-state index >= 15 is 0 Å². The number of hydrogen-bond donors (Lipinski definition) is 1. The predicted molar refractivity (Wildman–Crippen MR) is 112 cm³/mol. The molecule has 3 heterocycles. The lowest BCUT2D eigenvalue weighted by Crippen LogP contribution is -1.99. The molecule has 0 radical (unpaired) electrons. The van der Waals surface area contributed by atoms with Crippen molar-refractivity contribution in [3.8, 4) is 11.3 Å². The van der Waals surface area contributed by atoms with E-state index in [-0.39, 0.29) is 11.7 Å². The van der Waals surface area contributed by atoms with E-state index in [9.17, 15) is 4.79 Å². The molecule has 0 saturated carbocycles. The average molecular weight is 388 g/mol. The van der Waals surface area contributed by atoms with Gasteiger partial charge in [-0.15, -0.1) is 0 Å². The molecule has 0 aliphatic rings. The van der Waals surface area contributed by atoms with Gasteiger partial charge in [0, 0.05) is 29.5 Å². The Bertz CT molecular complexity index is 1100. The lowest BCUT2D eigenvalue weighted by Gasteiger charge is -2.02. The first-order chi connectivity index (χ1) is 14.2. The summed E-state index contributed by atoms with van der Waals surface area (Å²) in [6, 6.07) is 10.4. The number of nitrogens with zero attached hydrogens (tertiary/aromatic N) is 3. The molecular weight excluding hydrogens is 364 g/mol. The molecule has 6 heteroatoms. The highest BCUT2D eigenvalue weighted by Crippen LogP contribution is 2.23. The molecule has 1 N–H and O–H groups in total. The van der Waals surface area contributed by atoms with Gasteiger partial charge in [-0.2, -0.15) is 0 Å². The van der Waals surface area contributed by atoms with Crippen molar-refractivity contribution in [2.75, 3.05) is 0 Å². The van der Waals surface area contributed by atoms with Crippen molar-refractivity contribution in [1.82, 2.24) is 19.9 Å². The zero-order valence-electron chi connectivity index (χ0n) is 16.5. The Labute approximate surface area is 169 Å².